The van der Waals surface area contributed by atoms with Crippen LogP contribution in [0, 0.1) is 5.82 Å². The van der Waals surface area contributed by atoms with Crippen molar-refractivity contribution in [3.05, 3.63) is 58.3 Å². The van der Waals surface area contributed by atoms with Crippen LogP contribution in [0.3, 0.4) is 0 Å². The van der Waals surface area contributed by atoms with E-state index in [4.69, 9.17) is 0 Å². The van der Waals surface area contributed by atoms with Crippen LogP contribution in [-0.4, -0.2) is 6.54 Å². The van der Waals surface area contributed by atoms with Crippen LogP contribution in [0.25, 0.3) is 11.1 Å². The van der Waals surface area contributed by atoms with Crippen molar-refractivity contribution in [3.63, 3.8) is 0 Å². The maximum absolute atomic E-state index is 13.6. The summed E-state index contributed by atoms with van der Waals surface area (Å²) in [7, 11) is 0. The summed E-state index contributed by atoms with van der Waals surface area (Å²) in [4.78, 5) is 0. The van der Waals surface area contributed by atoms with E-state index in [9.17, 15) is 4.39 Å². The summed E-state index contributed by atoms with van der Waals surface area (Å²) in [6, 6.07) is 13.1. The Bertz CT molecular complexity index is 583. The van der Waals surface area contributed by atoms with Gasteiger partial charge in [-0.15, -0.1) is 0 Å². The summed E-state index contributed by atoms with van der Waals surface area (Å²) in [6.07, 6.45) is 1.08. The van der Waals surface area contributed by atoms with E-state index in [-0.39, 0.29) is 11.9 Å². The molecule has 0 fully saturated rings. The van der Waals surface area contributed by atoms with Crippen LogP contribution in [0.2, 0.25) is 0 Å². The fourth-order valence-corrected chi connectivity index (χ4v) is 2.79. The van der Waals surface area contributed by atoms with Gasteiger partial charge in [0.25, 0.3) is 0 Å². The van der Waals surface area contributed by atoms with Crippen LogP contribution < -0.4 is 5.32 Å². The molecule has 0 aliphatic rings. The van der Waals surface area contributed by atoms with E-state index in [0.717, 1.165) is 34.1 Å². The molecule has 2 rings (SSSR count). The summed E-state index contributed by atoms with van der Waals surface area (Å²) in [5, 5.41) is 3.46. The van der Waals surface area contributed by atoms with Gasteiger partial charge in [-0.25, -0.2) is 4.39 Å². The van der Waals surface area contributed by atoms with Crippen molar-refractivity contribution in [2.45, 2.75) is 26.3 Å². The fraction of sp³-hybridized carbons (Fsp3) is 0.294. The van der Waals surface area contributed by atoms with Crippen LogP contribution in [0.15, 0.2) is 46.9 Å². The Labute approximate surface area is 128 Å². The second kappa shape index (κ2) is 7.00. The lowest BCUT2D eigenvalue weighted by molar-refractivity contribution is 0.569. The minimum absolute atomic E-state index is 0.192. The SMILES string of the molecule is CCCNC(C)c1ccc(F)cc1-c1ccccc1Br. The Morgan fingerprint density at radius 3 is 2.60 bits per heavy atom. The molecule has 0 aliphatic carbocycles. The van der Waals surface area contributed by atoms with E-state index in [1.807, 2.05) is 30.3 Å². The molecule has 0 radical (unpaired) electrons. The first-order chi connectivity index (χ1) is 9.63. The van der Waals surface area contributed by atoms with Crippen molar-refractivity contribution in [3.8, 4) is 11.1 Å². The molecular weight excluding hydrogens is 317 g/mol. The minimum atomic E-state index is -0.206. The molecule has 0 aliphatic heterocycles. The largest absolute Gasteiger partial charge is 0.310 e. The number of hydrogen-bond acceptors (Lipinski definition) is 1. The zero-order valence-corrected chi connectivity index (χ0v) is 13.4. The summed E-state index contributed by atoms with van der Waals surface area (Å²) in [5.74, 6) is -0.206. The van der Waals surface area contributed by atoms with Crippen molar-refractivity contribution in [1.29, 1.82) is 0 Å². The Hall–Kier alpha value is -1.19. The average molecular weight is 336 g/mol. The highest BCUT2D eigenvalue weighted by Gasteiger charge is 2.14. The molecule has 3 heteroatoms. The van der Waals surface area contributed by atoms with Gasteiger partial charge < -0.3 is 5.32 Å². The monoisotopic (exact) mass is 335 g/mol. The zero-order valence-electron chi connectivity index (χ0n) is 11.8. The number of benzene rings is 2. The lowest BCUT2D eigenvalue weighted by Crippen LogP contribution is -2.20. The molecule has 0 bridgehead atoms. The molecule has 1 nitrogen and oxygen atoms in total. The molecule has 0 spiro atoms. The highest BCUT2D eigenvalue weighted by Crippen LogP contribution is 2.33. The number of halogens is 2. The highest BCUT2D eigenvalue weighted by molar-refractivity contribution is 9.10. The second-order valence-corrected chi connectivity index (χ2v) is 5.74. The highest BCUT2D eigenvalue weighted by atomic mass is 79.9. The van der Waals surface area contributed by atoms with Crippen LogP contribution in [-0.2, 0) is 0 Å². The van der Waals surface area contributed by atoms with Gasteiger partial charge in [-0.05, 0) is 54.8 Å². The molecule has 1 N–H and O–H groups in total. The van der Waals surface area contributed by atoms with Crippen molar-refractivity contribution in [1.82, 2.24) is 5.32 Å². The van der Waals surface area contributed by atoms with E-state index in [2.05, 4.69) is 35.1 Å². The third-order valence-corrected chi connectivity index (χ3v) is 4.04. The Kier molecular flexibility index (Phi) is 5.32. The predicted octanol–water partition coefficient (Wildman–Crippen LogP) is 5.32. The number of hydrogen-bond donors (Lipinski definition) is 1. The molecule has 0 heterocycles. The van der Waals surface area contributed by atoms with Gasteiger partial charge in [-0.1, -0.05) is 47.1 Å². The normalized spacial score (nSPS) is 12.4. The predicted molar refractivity (Wildman–Crippen MR) is 86.2 cm³/mol. The van der Waals surface area contributed by atoms with Crippen molar-refractivity contribution in [2.24, 2.45) is 0 Å². The maximum Gasteiger partial charge on any atom is 0.123 e. The molecule has 0 saturated heterocycles. The van der Waals surface area contributed by atoms with Gasteiger partial charge in [0.05, 0.1) is 0 Å². The maximum atomic E-state index is 13.6. The standard InChI is InChI=1S/C17H19BrFN/c1-3-10-20-12(2)14-9-8-13(19)11-16(14)15-6-4-5-7-17(15)18/h4-9,11-12,20H,3,10H2,1-2H3. The first-order valence-corrected chi connectivity index (χ1v) is 7.70. The van der Waals surface area contributed by atoms with E-state index in [1.165, 1.54) is 6.07 Å². The van der Waals surface area contributed by atoms with E-state index >= 15 is 0 Å². The second-order valence-electron chi connectivity index (χ2n) is 4.89. The molecule has 20 heavy (non-hydrogen) atoms. The van der Waals surface area contributed by atoms with Gasteiger partial charge in [-0.2, -0.15) is 0 Å². The molecule has 0 amide bonds. The van der Waals surface area contributed by atoms with Crippen LogP contribution in [0.1, 0.15) is 31.9 Å². The fourth-order valence-electron chi connectivity index (χ4n) is 2.29. The van der Waals surface area contributed by atoms with Gasteiger partial charge in [0.2, 0.25) is 0 Å². The molecule has 0 aromatic heterocycles. The van der Waals surface area contributed by atoms with E-state index in [1.54, 1.807) is 6.07 Å². The summed E-state index contributed by atoms with van der Waals surface area (Å²) < 4.78 is 14.6. The Morgan fingerprint density at radius 2 is 1.90 bits per heavy atom. The average Bonchev–Trinajstić information content (AvgIpc) is 2.45. The summed E-state index contributed by atoms with van der Waals surface area (Å²) >= 11 is 3.55. The third-order valence-electron chi connectivity index (χ3n) is 3.35. The first kappa shape index (κ1) is 15.2. The van der Waals surface area contributed by atoms with Gasteiger partial charge in [0, 0.05) is 10.5 Å². The topological polar surface area (TPSA) is 12.0 Å². The molecule has 2 aromatic rings. The van der Waals surface area contributed by atoms with Crippen molar-refractivity contribution in [2.75, 3.05) is 6.54 Å². The van der Waals surface area contributed by atoms with Crippen molar-refractivity contribution < 1.29 is 4.39 Å². The lowest BCUT2D eigenvalue weighted by Gasteiger charge is -2.19. The lowest BCUT2D eigenvalue weighted by atomic mass is 9.95. The molecule has 106 valence electrons. The summed E-state index contributed by atoms with van der Waals surface area (Å²) in [6.45, 7) is 5.20. The van der Waals surface area contributed by atoms with Gasteiger partial charge in [0.15, 0.2) is 0 Å². The van der Waals surface area contributed by atoms with Crippen LogP contribution >= 0.6 is 15.9 Å². The Morgan fingerprint density at radius 1 is 1.15 bits per heavy atom. The first-order valence-electron chi connectivity index (χ1n) is 6.91. The number of rotatable bonds is 5. The van der Waals surface area contributed by atoms with Crippen LogP contribution in [0.5, 0.6) is 0 Å². The van der Waals surface area contributed by atoms with Gasteiger partial charge in [0.1, 0.15) is 5.82 Å². The number of nitrogens with one attached hydrogen (secondary N) is 1. The van der Waals surface area contributed by atoms with Crippen LogP contribution in [0.4, 0.5) is 4.39 Å². The molecule has 1 unspecified atom stereocenters. The van der Waals surface area contributed by atoms with Gasteiger partial charge in [-0.3, -0.25) is 0 Å². The third kappa shape index (κ3) is 3.47. The molecule has 0 saturated carbocycles. The molecular formula is C17H19BrFN. The van der Waals surface area contributed by atoms with E-state index in [0.29, 0.717) is 0 Å². The minimum Gasteiger partial charge on any atom is -0.310 e. The van der Waals surface area contributed by atoms with E-state index < -0.39 is 0 Å². The summed E-state index contributed by atoms with van der Waals surface area (Å²) in [5.41, 5.74) is 3.08. The van der Waals surface area contributed by atoms with Gasteiger partial charge >= 0.3 is 0 Å². The molecule has 2 aromatic carbocycles. The smallest absolute Gasteiger partial charge is 0.123 e. The Balaban J connectivity index is 2.46. The van der Waals surface area contributed by atoms with Crippen molar-refractivity contribution >= 4 is 15.9 Å². The molecule has 1 atom stereocenters. The zero-order chi connectivity index (χ0) is 14.5. The quantitative estimate of drug-likeness (QED) is 0.780.